The molecule has 0 spiro atoms. The molecule has 62 valence electrons. The molecule has 0 aliphatic rings. The SMILES string of the molecule is CNC(=O)OC.c1ccoc1. The van der Waals surface area contributed by atoms with Gasteiger partial charge < -0.3 is 14.5 Å². The standard InChI is InChI=1S/C4H4O.C3H7NO2/c1-2-4-5-3-1;1-4-3(5)6-2/h1-4H;1-2H3,(H,4,5). The van der Waals surface area contributed by atoms with E-state index in [-0.39, 0.29) is 0 Å². The van der Waals surface area contributed by atoms with E-state index in [1.165, 1.54) is 14.2 Å². The summed E-state index contributed by atoms with van der Waals surface area (Å²) in [6.07, 6.45) is 2.84. The van der Waals surface area contributed by atoms with Crippen LogP contribution in [0.1, 0.15) is 0 Å². The molecule has 1 N–H and O–H groups in total. The minimum Gasteiger partial charge on any atom is -0.473 e. The van der Waals surface area contributed by atoms with Crippen LogP contribution >= 0.6 is 0 Å². The lowest BCUT2D eigenvalue weighted by Gasteiger charge is -1.90. The van der Waals surface area contributed by atoms with Crippen molar-refractivity contribution in [2.24, 2.45) is 0 Å². The lowest BCUT2D eigenvalue weighted by Crippen LogP contribution is -2.16. The van der Waals surface area contributed by atoms with Crippen LogP contribution in [-0.2, 0) is 4.74 Å². The zero-order valence-electron chi connectivity index (χ0n) is 6.53. The Kier molecular flexibility index (Phi) is 5.79. The summed E-state index contributed by atoms with van der Waals surface area (Å²) in [6.45, 7) is 0. The number of hydrogen-bond donors (Lipinski definition) is 1. The maximum atomic E-state index is 9.85. The Hall–Kier alpha value is -1.45. The molecule has 4 nitrogen and oxygen atoms in total. The Bertz CT molecular complexity index is 149. The second kappa shape index (κ2) is 6.67. The van der Waals surface area contributed by atoms with Crippen LogP contribution in [0, 0.1) is 0 Å². The highest BCUT2D eigenvalue weighted by Crippen LogP contribution is 1.79. The van der Waals surface area contributed by atoms with Crippen molar-refractivity contribution in [3.8, 4) is 0 Å². The predicted octanol–water partition coefficient (Wildman–Crippen LogP) is 1.25. The topological polar surface area (TPSA) is 51.5 Å². The Morgan fingerprint density at radius 3 is 2.09 bits per heavy atom. The van der Waals surface area contributed by atoms with Crippen LogP contribution in [-0.4, -0.2) is 20.3 Å². The molecule has 11 heavy (non-hydrogen) atoms. The van der Waals surface area contributed by atoms with Crippen LogP contribution in [0.3, 0.4) is 0 Å². The van der Waals surface area contributed by atoms with Gasteiger partial charge in [0.25, 0.3) is 0 Å². The Morgan fingerprint density at radius 2 is 2.00 bits per heavy atom. The molecule has 0 saturated heterocycles. The first-order chi connectivity index (χ1) is 5.31. The van der Waals surface area contributed by atoms with E-state index in [0.29, 0.717) is 0 Å². The van der Waals surface area contributed by atoms with Crippen molar-refractivity contribution >= 4 is 6.09 Å². The average Bonchev–Trinajstić information content (AvgIpc) is 2.60. The summed E-state index contributed by atoms with van der Waals surface area (Å²) in [5, 5.41) is 2.25. The molecule has 1 amide bonds. The summed E-state index contributed by atoms with van der Waals surface area (Å²) < 4.78 is 8.73. The molecule has 0 atom stereocenters. The van der Waals surface area contributed by atoms with E-state index in [2.05, 4.69) is 14.5 Å². The van der Waals surface area contributed by atoms with Crippen LogP contribution in [0.15, 0.2) is 29.1 Å². The minimum absolute atomic E-state index is 0.407. The first-order valence-electron chi connectivity index (χ1n) is 3.04. The molecule has 0 unspecified atom stereocenters. The van der Waals surface area contributed by atoms with Gasteiger partial charge >= 0.3 is 6.09 Å². The van der Waals surface area contributed by atoms with Gasteiger partial charge in [0, 0.05) is 7.05 Å². The van der Waals surface area contributed by atoms with E-state index in [0.717, 1.165) is 0 Å². The fraction of sp³-hybridized carbons (Fsp3) is 0.286. The molecule has 0 aliphatic heterocycles. The number of carbonyl (C=O) groups is 1. The quantitative estimate of drug-likeness (QED) is 0.616. The summed E-state index contributed by atoms with van der Waals surface area (Å²) >= 11 is 0. The number of furan rings is 1. The highest BCUT2D eigenvalue weighted by atomic mass is 16.5. The van der Waals surface area contributed by atoms with E-state index in [4.69, 9.17) is 0 Å². The number of amides is 1. The number of ether oxygens (including phenoxy) is 1. The zero-order chi connectivity index (χ0) is 8.53. The molecule has 1 aromatic rings. The molecule has 0 bridgehead atoms. The van der Waals surface area contributed by atoms with Crippen LogP contribution in [0.5, 0.6) is 0 Å². The maximum absolute atomic E-state index is 9.85. The largest absolute Gasteiger partial charge is 0.473 e. The molecule has 1 rings (SSSR count). The number of carbonyl (C=O) groups excluding carboxylic acids is 1. The van der Waals surface area contributed by atoms with Crippen molar-refractivity contribution in [3.05, 3.63) is 24.7 Å². The van der Waals surface area contributed by atoms with Gasteiger partial charge in [-0.05, 0) is 12.1 Å². The minimum atomic E-state index is -0.407. The highest BCUT2D eigenvalue weighted by molar-refractivity contribution is 5.66. The van der Waals surface area contributed by atoms with Crippen LogP contribution in [0.2, 0.25) is 0 Å². The molecule has 0 fully saturated rings. The normalized spacial score (nSPS) is 7.45. The number of hydrogen-bond acceptors (Lipinski definition) is 3. The highest BCUT2D eigenvalue weighted by Gasteiger charge is 1.85. The predicted molar refractivity (Wildman–Crippen MR) is 40.2 cm³/mol. The average molecular weight is 157 g/mol. The summed E-state index contributed by atoms with van der Waals surface area (Å²) in [6, 6.07) is 3.67. The molecular weight excluding hydrogens is 146 g/mol. The van der Waals surface area contributed by atoms with Gasteiger partial charge in [0.05, 0.1) is 19.6 Å². The number of methoxy groups -OCH3 is 1. The van der Waals surface area contributed by atoms with Crippen molar-refractivity contribution in [3.63, 3.8) is 0 Å². The van der Waals surface area contributed by atoms with E-state index in [1.807, 2.05) is 12.1 Å². The molecule has 4 heteroatoms. The molecule has 1 heterocycles. The maximum Gasteiger partial charge on any atom is 0.406 e. The number of nitrogens with one attached hydrogen (secondary N) is 1. The fourth-order valence-corrected chi connectivity index (χ4v) is 0.329. The Labute approximate surface area is 65.2 Å². The molecule has 0 saturated carbocycles. The van der Waals surface area contributed by atoms with Crippen molar-refractivity contribution in [1.29, 1.82) is 0 Å². The zero-order valence-corrected chi connectivity index (χ0v) is 6.53. The lowest BCUT2D eigenvalue weighted by atomic mass is 10.7. The fourth-order valence-electron chi connectivity index (χ4n) is 0.329. The van der Waals surface area contributed by atoms with Crippen molar-refractivity contribution in [2.75, 3.05) is 14.2 Å². The third-order valence-corrected chi connectivity index (χ3v) is 0.815. The van der Waals surface area contributed by atoms with Gasteiger partial charge in [-0.2, -0.15) is 0 Å². The van der Waals surface area contributed by atoms with Gasteiger partial charge in [0.15, 0.2) is 0 Å². The number of rotatable bonds is 0. The molecular formula is C7H11NO3. The summed E-state index contributed by atoms with van der Waals surface area (Å²) in [5.74, 6) is 0. The van der Waals surface area contributed by atoms with Crippen LogP contribution < -0.4 is 5.32 Å². The van der Waals surface area contributed by atoms with Crippen molar-refractivity contribution < 1.29 is 13.9 Å². The van der Waals surface area contributed by atoms with E-state index in [1.54, 1.807) is 12.5 Å². The molecule has 0 aromatic carbocycles. The Balaban J connectivity index is 0.000000183. The molecule has 0 aliphatic carbocycles. The van der Waals surface area contributed by atoms with Gasteiger partial charge in [0.1, 0.15) is 0 Å². The smallest absolute Gasteiger partial charge is 0.406 e. The van der Waals surface area contributed by atoms with Gasteiger partial charge in [-0.15, -0.1) is 0 Å². The summed E-state index contributed by atoms with van der Waals surface area (Å²) in [5.41, 5.74) is 0. The molecule has 0 radical (unpaired) electrons. The second-order valence-corrected chi connectivity index (χ2v) is 1.53. The first-order valence-corrected chi connectivity index (χ1v) is 3.04. The van der Waals surface area contributed by atoms with Crippen LogP contribution in [0.25, 0.3) is 0 Å². The van der Waals surface area contributed by atoms with E-state index >= 15 is 0 Å². The van der Waals surface area contributed by atoms with Gasteiger partial charge in [-0.1, -0.05) is 0 Å². The van der Waals surface area contributed by atoms with E-state index < -0.39 is 6.09 Å². The Morgan fingerprint density at radius 1 is 1.45 bits per heavy atom. The van der Waals surface area contributed by atoms with Crippen molar-refractivity contribution in [2.45, 2.75) is 0 Å². The summed E-state index contributed by atoms with van der Waals surface area (Å²) in [4.78, 5) is 9.85. The molecule has 1 aromatic heterocycles. The number of alkyl carbamates (subject to hydrolysis) is 1. The third kappa shape index (κ3) is 6.44. The summed E-state index contributed by atoms with van der Waals surface area (Å²) in [7, 11) is 2.82. The van der Waals surface area contributed by atoms with E-state index in [9.17, 15) is 4.79 Å². The van der Waals surface area contributed by atoms with Gasteiger partial charge in [-0.3, -0.25) is 0 Å². The van der Waals surface area contributed by atoms with Gasteiger partial charge in [-0.25, -0.2) is 4.79 Å². The lowest BCUT2D eigenvalue weighted by molar-refractivity contribution is 0.173. The third-order valence-electron chi connectivity index (χ3n) is 0.815. The monoisotopic (exact) mass is 157 g/mol. The van der Waals surface area contributed by atoms with Gasteiger partial charge in [0.2, 0.25) is 0 Å². The first kappa shape index (κ1) is 9.55. The second-order valence-electron chi connectivity index (χ2n) is 1.53. The van der Waals surface area contributed by atoms with Crippen molar-refractivity contribution in [1.82, 2.24) is 5.32 Å². The van der Waals surface area contributed by atoms with Crippen LogP contribution in [0.4, 0.5) is 4.79 Å².